The minimum Gasteiger partial charge on any atom is -0.481 e. The Bertz CT molecular complexity index is 827. The largest absolute Gasteiger partial charge is 0.481 e. The molecule has 0 unspecified atom stereocenters. The van der Waals surface area contributed by atoms with E-state index in [1.54, 1.807) is 0 Å². The van der Waals surface area contributed by atoms with Gasteiger partial charge in [0.15, 0.2) is 0 Å². The molecule has 0 spiro atoms. The lowest BCUT2D eigenvalue weighted by atomic mass is 9.81. The monoisotopic (exact) mass is 353 g/mol. The van der Waals surface area contributed by atoms with Crippen molar-refractivity contribution in [2.24, 2.45) is 5.41 Å². The molecule has 6 nitrogen and oxygen atoms in total. The van der Waals surface area contributed by atoms with E-state index in [0.717, 1.165) is 22.3 Å². The van der Waals surface area contributed by atoms with E-state index in [9.17, 15) is 14.7 Å². The van der Waals surface area contributed by atoms with Crippen LogP contribution in [0.2, 0.25) is 0 Å². The highest BCUT2D eigenvalue weighted by Gasteiger charge is 2.51. The summed E-state index contributed by atoms with van der Waals surface area (Å²) in [7, 11) is 0. The Morgan fingerprint density at radius 1 is 1.04 bits per heavy atom. The van der Waals surface area contributed by atoms with E-state index in [2.05, 4.69) is 12.1 Å². The maximum atomic E-state index is 12.3. The van der Waals surface area contributed by atoms with Gasteiger partial charge in [0.25, 0.3) is 0 Å². The number of likely N-dealkylation sites (tertiary alicyclic amines) is 1. The molecule has 2 aliphatic rings. The van der Waals surface area contributed by atoms with Crippen molar-refractivity contribution in [1.29, 1.82) is 0 Å². The average Bonchev–Trinajstić information content (AvgIpc) is 2.93. The van der Waals surface area contributed by atoms with Gasteiger partial charge < -0.3 is 19.8 Å². The van der Waals surface area contributed by atoms with Crippen LogP contribution in [0, 0.1) is 5.41 Å². The summed E-state index contributed by atoms with van der Waals surface area (Å²) in [6, 6.07) is 16.1. The highest BCUT2D eigenvalue weighted by molar-refractivity contribution is 5.81. The Labute approximate surface area is 150 Å². The summed E-state index contributed by atoms with van der Waals surface area (Å²) in [5.41, 5.74) is 3.29. The topological polar surface area (TPSA) is 87.1 Å². The van der Waals surface area contributed by atoms with Gasteiger partial charge in [0.1, 0.15) is 12.0 Å². The lowest BCUT2D eigenvalue weighted by Gasteiger charge is -2.45. The van der Waals surface area contributed by atoms with Crippen LogP contribution in [0.5, 0.6) is 0 Å². The van der Waals surface area contributed by atoms with Crippen LogP contribution in [0.25, 0.3) is 11.1 Å². The van der Waals surface area contributed by atoms with Gasteiger partial charge in [-0.05, 0) is 22.3 Å². The first-order chi connectivity index (χ1) is 12.6. The maximum Gasteiger partial charge on any atom is 0.409 e. The molecule has 6 heteroatoms. The van der Waals surface area contributed by atoms with E-state index in [1.165, 1.54) is 4.90 Å². The van der Waals surface area contributed by atoms with E-state index in [-0.39, 0.29) is 25.6 Å². The first-order valence-electron chi connectivity index (χ1n) is 8.50. The van der Waals surface area contributed by atoms with Crippen LogP contribution < -0.4 is 0 Å². The zero-order valence-electron chi connectivity index (χ0n) is 14.1. The second-order valence-electron chi connectivity index (χ2n) is 6.90. The van der Waals surface area contributed by atoms with Gasteiger partial charge in [0, 0.05) is 19.0 Å². The molecule has 0 atom stereocenters. The van der Waals surface area contributed by atoms with Crippen molar-refractivity contribution >= 4 is 12.1 Å². The zero-order valence-corrected chi connectivity index (χ0v) is 14.1. The fourth-order valence-corrected chi connectivity index (χ4v) is 3.80. The lowest BCUT2D eigenvalue weighted by Crippen LogP contribution is -2.64. The number of hydrogen-bond acceptors (Lipinski definition) is 4. The van der Waals surface area contributed by atoms with Crippen molar-refractivity contribution in [1.82, 2.24) is 4.90 Å². The number of aliphatic carboxylic acids is 1. The lowest BCUT2D eigenvalue weighted by molar-refractivity contribution is -0.162. The van der Waals surface area contributed by atoms with Crippen molar-refractivity contribution < 1.29 is 24.5 Å². The Hall–Kier alpha value is -2.86. The van der Waals surface area contributed by atoms with Crippen molar-refractivity contribution in [2.45, 2.75) is 5.92 Å². The molecule has 0 bridgehead atoms. The molecule has 1 amide bonds. The molecule has 26 heavy (non-hydrogen) atoms. The molecule has 1 fully saturated rings. The molecule has 0 radical (unpaired) electrons. The zero-order chi connectivity index (χ0) is 18.3. The number of ether oxygens (including phenoxy) is 1. The fraction of sp³-hybridized carbons (Fsp3) is 0.300. The van der Waals surface area contributed by atoms with Crippen molar-refractivity contribution in [3.63, 3.8) is 0 Å². The Kier molecular flexibility index (Phi) is 3.92. The summed E-state index contributed by atoms with van der Waals surface area (Å²) >= 11 is 0. The van der Waals surface area contributed by atoms with Crippen LogP contribution in [-0.4, -0.2) is 53.5 Å². The van der Waals surface area contributed by atoms with Gasteiger partial charge in [-0.2, -0.15) is 0 Å². The number of carbonyl (C=O) groups is 2. The molecular formula is C20H19NO5. The Balaban J connectivity index is 1.46. The second-order valence-corrected chi connectivity index (χ2v) is 6.90. The number of carboxylic acids is 1. The summed E-state index contributed by atoms with van der Waals surface area (Å²) in [5.74, 6) is -1.13. The number of nitrogens with zero attached hydrogens (tertiary/aromatic N) is 1. The summed E-state index contributed by atoms with van der Waals surface area (Å²) < 4.78 is 5.47. The number of aliphatic hydroxyl groups is 1. The summed E-state index contributed by atoms with van der Waals surface area (Å²) in [4.78, 5) is 24.8. The molecule has 1 saturated heterocycles. The third-order valence-electron chi connectivity index (χ3n) is 5.34. The number of aliphatic hydroxyl groups excluding tert-OH is 1. The van der Waals surface area contributed by atoms with Gasteiger partial charge in [0.2, 0.25) is 0 Å². The van der Waals surface area contributed by atoms with Gasteiger partial charge in [-0.25, -0.2) is 4.79 Å². The van der Waals surface area contributed by atoms with Gasteiger partial charge in [-0.3, -0.25) is 4.79 Å². The number of hydrogen-bond donors (Lipinski definition) is 2. The van der Waals surface area contributed by atoms with Crippen LogP contribution in [-0.2, 0) is 9.53 Å². The summed E-state index contributed by atoms with van der Waals surface area (Å²) in [6.45, 7) is -0.358. The number of amides is 1. The molecule has 2 aromatic carbocycles. The molecule has 1 heterocycles. The predicted octanol–water partition coefficient (Wildman–Crippen LogP) is 2.31. The van der Waals surface area contributed by atoms with Crippen LogP contribution in [0.1, 0.15) is 17.0 Å². The first-order valence-corrected chi connectivity index (χ1v) is 8.50. The fourth-order valence-electron chi connectivity index (χ4n) is 3.80. The number of fused-ring (bicyclic) bond motifs is 3. The normalized spacial score (nSPS) is 17.2. The SMILES string of the molecule is O=C(OCC1c2ccccc2-c2ccccc21)N1CC(CO)(C(=O)O)C1. The highest BCUT2D eigenvalue weighted by atomic mass is 16.6. The van der Waals surface area contributed by atoms with Crippen molar-refractivity contribution in [3.8, 4) is 11.1 Å². The molecule has 1 aliphatic carbocycles. The number of carboxylic acid groups (broad SMARTS) is 1. The predicted molar refractivity (Wildman–Crippen MR) is 93.8 cm³/mol. The number of carbonyl (C=O) groups excluding carboxylic acids is 1. The molecule has 0 saturated carbocycles. The highest BCUT2D eigenvalue weighted by Crippen LogP contribution is 2.44. The van der Waals surface area contributed by atoms with Crippen LogP contribution in [0.4, 0.5) is 4.79 Å². The third kappa shape index (κ3) is 2.45. The third-order valence-corrected chi connectivity index (χ3v) is 5.34. The molecule has 4 rings (SSSR count). The Morgan fingerprint density at radius 2 is 1.58 bits per heavy atom. The Morgan fingerprint density at radius 3 is 2.08 bits per heavy atom. The number of benzene rings is 2. The van der Waals surface area contributed by atoms with Gasteiger partial charge in [0.05, 0.1) is 6.61 Å². The smallest absolute Gasteiger partial charge is 0.409 e. The quantitative estimate of drug-likeness (QED) is 0.881. The van der Waals surface area contributed by atoms with Crippen LogP contribution >= 0.6 is 0 Å². The molecular weight excluding hydrogens is 334 g/mol. The summed E-state index contributed by atoms with van der Waals surface area (Å²) in [6.07, 6.45) is -0.544. The van der Waals surface area contributed by atoms with E-state index in [0.29, 0.717) is 0 Å². The second kappa shape index (κ2) is 6.14. The standard InChI is InChI=1S/C20H19NO5/c22-12-20(18(23)24)10-21(11-20)19(25)26-9-17-15-7-3-1-5-13(15)14-6-2-4-8-16(14)17/h1-8,17,22H,9-12H2,(H,23,24). The average molecular weight is 353 g/mol. The minimum absolute atomic E-state index is 0.0322. The summed E-state index contributed by atoms with van der Waals surface area (Å²) in [5, 5.41) is 18.4. The van der Waals surface area contributed by atoms with Crippen LogP contribution in [0.15, 0.2) is 48.5 Å². The molecule has 1 aliphatic heterocycles. The van der Waals surface area contributed by atoms with Gasteiger partial charge in [-0.1, -0.05) is 48.5 Å². The molecule has 0 aromatic heterocycles. The van der Waals surface area contributed by atoms with Gasteiger partial charge >= 0.3 is 12.1 Å². The van der Waals surface area contributed by atoms with E-state index in [4.69, 9.17) is 9.84 Å². The van der Waals surface area contributed by atoms with Crippen molar-refractivity contribution in [3.05, 3.63) is 59.7 Å². The maximum absolute atomic E-state index is 12.3. The van der Waals surface area contributed by atoms with E-state index >= 15 is 0 Å². The number of rotatable bonds is 4. The molecule has 2 aromatic rings. The molecule has 134 valence electrons. The van der Waals surface area contributed by atoms with Crippen molar-refractivity contribution in [2.75, 3.05) is 26.3 Å². The molecule has 2 N–H and O–H groups in total. The van der Waals surface area contributed by atoms with Gasteiger partial charge in [-0.15, -0.1) is 0 Å². The van der Waals surface area contributed by atoms with Crippen LogP contribution in [0.3, 0.4) is 0 Å². The van der Waals surface area contributed by atoms with E-state index in [1.807, 2.05) is 36.4 Å². The minimum atomic E-state index is -1.26. The van der Waals surface area contributed by atoms with E-state index < -0.39 is 24.1 Å². The first kappa shape index (κ1) is 16.6.